The number of anilines is 1. The molecule has 29 heavy (non-hydrogen) atoms. The molecule has 0 fully saturated rings. The molecule has 0 aliphatic rings. The minimum absolute atomic E-state index is 0.121. The lowest BCUT2D eigenvalue weighted by molar-refractivity contribution is 0.398. The number of rotatable bonds is 6. The molecule has 4 rings (SSSR count). The Kier molecular flexibility index (Phi) is 4.98. The highest BCUT2D eigenvalue weighted by atomic mass is 16.3. The number of aromatic nitrogens is 3. The highest BCUT2D eigenvalue weighted by molar-refractivity contribution is 6.06. The molecular weight excluding hydrogens is 366 g/mol. The number of nitrogens with two attached hydrogens (primary N) is 2. The van der Waals surface area contributed by atoms with E-state index in [1.807, 2.05) is 18.2 Å². The van der Waals surface area contributed by atoms with Crippen LogP contribution in [-0.2, 0) is 19.5 Å². The first-order chi connectivity index (χ1) is 14.0. The smallest absolute Gasteiger partial charge is 0.162 e. The van der Waals surface area contributed by atoms with Crippen LogP contribution in [0.5, 0.6) is 11.5 Å². The van der Waals surface area contributed by atoms with Crippen LogP contribution < -0.4 is 11.5 Å². The third kappa shape index (κ3) is 3.34. The van der Waals surface area contributed by atoms with Crippen LogP contribution in [0.2, 0.25) is 0 Å². The zero-order valence-corrected chi connectivity index (χ0v) is 16.4. The number of fused-ring (bicyclic) bond motifs is 3. The van der Waals surface area contributed by atoms with Gasteiger partial charge in [0.25, 0.3) is 0 Å². The highest BCUT2D eigenvalue weighted by Gasteiger charge is 2.19. The highest BCUT2D eigenvalue weighted by Crippen LogP contribution is 2.33. The van der Waals surface area contributed by atoms with Crippen LogP contribution in [0.4, 0.5) is 5.82 Å². The normalized spacial score (nSPS) is 11.5. The lowest BCUT2D eigenvalue weighted by atomic mass is 10.1. The molecule has 2 aromatic heterocycles. The van der Waals surface area contributed by atoms with Gasteiger partial charge in [-0.2, -0.15) is 0 Å². The molecule has 2 heterocycles. The van der Waals surface area contributed by atoms with Gasteiger partial charge >= 0.3 is 0 Å². The topological polar surface area (TPSA) is 123 Å². The van der Waals surface area contributed by atoms with Crippen LogP contribution in [0.25, 0.3) is 21.9 Å². The predicted molar refractivity (Wildman–Crippen MR) is 115 cm³/mol. The molecule has 150 valence electrons. The van der Waals surface area contributed by atoms with Crippen molar-refractivity contribution in [2.75, 3.05) is 5.73 Å². The average Bonchev–Trinajstić information content (AvgIpc) is 3.09. The molecule has 7 heteroatoms. The molecule has 2 aromatic carbocycles. The van der Waals surface area contributed by atoms with Crippen LogP contribution in [0.1, 0.15) is 36.7 Å². The zero-order valence-electron chi connectivity index (χ0n) is 16.4. The second kappa shape index (κ2) is 7.60. The monoisotopic (exact) mass is 391 g/mol. The van der Waals surface area contributed by atoms with Crippen molar-refractivity contribution in [2.24, 2.45) is 5.73 Å². The largest absolute Gasteiger partial charge is 0.504 e. The molecule has 0 aliphatic carbocycles. The summed E-state index contributed by atoms with van der Waals surface area (Å²) >= 11 is 0. The Hall–Kier alpha value is -3.32. The summed E-state index contributed by atoms with van der Waals surface area (Å²) in [6.45, 7) is 2.92. The van der Waals surface area contributed by atoms with E-state index in [9.17, 15) is 10.2 Å². The third-order valence-electron chi connectivity index (χ3n) is 5.26. The number of nitrogens with zero attached hydrogens (tertiary/aromatic N) is 3. The van der Waals surface area contributed by atoms with Crippen molar-refractivity contribution in [3.05, 3.63) is 53.3 Å². The number of aryl methyl sites for hydroxylation is 1. The number of para-hydroxylation sites is 1. The summed E-state index contributed by atoms with van der Waals surface area (Å²) in [5, 5.41) is 21.2. The van der Waals surface area contributed by atoms with Crippen molar-refractivity contribution in [3.63, 3.8) is 0 Å². The summed E-state index contributed by atoms with van der Waals surface area (Å²) in [6, 6.07) is 10.9. The van der Waals surface area contributed by atoms with E-state index in [1.165, 1.54) is 6.07 Å². The first kappa shape index (κ1) is 19.0. The molecular formula is C22H25N5O2. The Bertz CT molecular complexity index is 1200. The molecule has 0 radical (unpaired) electrons. The summed E-state index contributed by atoms with van der Waals surface area (Å²) in [4.78, 5) is 9.33. The van der Waals surface area contributed by atoms with E-state index < -0.39 is 0 Å². The van der Waals surface area contributed by atoms with E-state index in [1.54, 1.807) is 12.1 Å². The molecule has 0 bridgehead atoms. The number of pyridine rings is 1. The van der Waals surface area contributed by atoms with Gasteiger partial charge in [-0.25, -0.2) is 9.97 Å². The van der Waals surface area contributed by atoms with Crippen molar-refractivity contribution in [2.45, 2.75) is 39.3 Å². The second-order valence-electron chi connectivity index (χ2n) is 7.25. The van der Waals surface area contributed by atoms with E-state index in [0.717, 1.165) is 47.1 Å². The first-order valence-electron chi connectivity index (χ1n) is 9.80. The Labute approximate surface area is 168 Å². The summed E-state index contributed by atoms with van der Waals surface area (Å²) in [7, 11) is 0. The minimum atomic E-state index is -0.140. The summed E-state index contributed by atoms with van der Waals surface area (Å²) in [5.74, 6) is 0.997. The van der Waals surface area contributed by atoms with Gasteiger partial charge in [-0.3, -0.25) is 0 Å². The fraction of sp³-hybridized carbons (Fsp3) is 0.273. The van der Waals surface area contributed by atoms with Crippen LogP contribution in [0, 0.1) is 0 Å². The van der Waals surface area contributed by atoms with Gasteiger partial charge in [0.15, 0.2) is 17.3 Å². The number of hydrogen-bond donors (Lipinski definition) is 4. The quantitative estimate of drug-likeness (QED) is 0.373. The fourth-order valence-corrected chi connectivity index (χ4v) is 3.70. The molecule has 4 aromatic rings. The van der Waals surface area contributed by atoms with Crippen LogP contribution >= 0.6 is 0 Å². The van der Waals surface area contributed by atoms with Gasteiger partial charge in [-0.15, -0.1) is 0 Å². The third-order valence-corrected chi connectivity index (χ3v) is 5.26. The number of hydrogen-bond acceptors (Lipinski definition) is 6. The minimum Gasteiger partial charge on any atom is -0.504 e. The number of aromatic hydroxyl groups is 2. The molecule has 6 N–H and O–H groups in total. The van der Waals surface area contributed by atoms with Gasteiger partial charge in [0.2, 0.25) is 0 Å². The number of nitrogen functional groups attached to an aromatic ring is 1. The van der Waals surface area contributed by atoms with Gasteiger partial charge < -0.3 is 26.2 Å². The molecule has 0 amide bonds. The Balaban J connectivity index is 2.01. The Morgan fingerprint density at radius 3 is 2.69 bits per heavy atom. The first-order valence-corrected chi connectivity index (χ1v) is 9.80. The predicted octanol–water partition coefficient (Wildman–Crippen LogP) is 3.43. The van der Waals surface area contributed by atoms with E-state index >= 15 is 0 Å². The molecule has 0 aliphatic heterocycles. The molecule has 0 spiro atoms. The maximum atomic E-state index is 10.3. The van der Waals surface area contributed by atoms with Crippen LogP contribution in [0.15, 0.2) is 36.4 Å². The van der Waals surface area contributed by atoms with E-state index in [4.69, 9.17) is 16.5 Å². The van der Waals surface area contributed by atoms with E-state index in [2.05, 4.69) is 16.5 Å². The summed E-state index contributed by atoms with van der Waals surface area (Å²) in [5.41, 5.74) is 16.0. The van der Waals surface area contributed by atoms with E-state index in [0.29, 0.717) is 30.0 Å². The fourth-order valence-electron chi connectivity index (χ4n) is 3.70. The molecule has 7 nitrogen and oxygen atoms in total. The Morgan fingerprint density at radius 2 is 1.93 bits per heavy atom. The molecule has 0 atom stereocenters. The number of unbranched alkanes of at least 4 members (excludes halogenated alkanes) is 1. The number of phenolic OH excluding ortho intramolecular Hbond substituents is 2. The number of phenols is 2. The lowest BCUT2D eigenvalue weighted by Gasteiger charge is -2.13. The van der Waals surface area contributed by atoms with Crippen molar-refractivity contribution in [1.82, 2.24) is 14.5 Å². The second-order valence-corrected chi connectivity index (χ2v) is 7.25. The van der Waals surface area contributed by atoms with Gasteiger partial charge in [-0.05, 0) is 30.2 Å². The maximum Gasteiger partial charge on any atom is 0.162 e. The SMILES string of the molecule is CCCCc1nc2c(N)nc3ccc(CN)cc3c2n1Cc1cccc(O)c1O. The maximum absolute atomic E-state index is 10.3. The van der Waals surface area contributed by atoms with Gasteiger partial charge in [0.1, 0.15) is 11.3 Å². The average molecular weight is 391 g/mol. The summed E-state index contributed by atoms with van der Waals surface area (Å²) < 4.78 is 2.07. The van der Waals surface area contributed by atoms with E-state index in [-0.39, 0.29) is 11.5 Å². The van der Waals surface area contributed by atoms with Crippen molar-refractivity contribution in [1.29, 1.82) is 0 Å². The van der Waals surface area contributed by atoms with Gasteiger partial charge in [0, 0.05) is 23.9 Å². The van der Waals surface area contributed by atoms with Crippen molar-refractivity contribution in [3.8, 4) is 11.5 Å². The Morgan fingerprint density at radius 1 is 1.10 bits per heavy atom. The number of benzene rings is 2. The molecule has 0 saturated heterocycles. The number of imidazole rings is 1. The standard InChI is InChI=1S/C22H25N5O2/c1-2-3-7-18-26-19-20(27(18)12-14-5-4-6-17(28)21(14)29)15-10-13(11-23)8-9-16(15)25-22(19)24/h4-6,8-10,28-29H,2-3,7,11-12,23H2,1H3,(H2,24,25). The molecule has 0 unspecified atom stereocenters. The van der Waals surface area contributed by atoms with Crippen LogP contribution in [-0.4, -0.2) is 24.7 Å². The lowest BCUT2D eigenvalue weighted by Crippen LogP contribution is -2.06. The van der Waals surface area contributed by atoms with Crippen LogP contribution in [0.3, 0.4) is 0 Å². The summed E-state index contributed by atoms with van der Waals surface area (Å²) in [6.07, 6.45) is 2.79. The van der Waals surface area contributed by atoms with Gasteiger partial charge in [0.05, 0.1) is 17.6 Å². The zero-order chi connectivity index (χ0) is 20.5. The van der Waals surface area contributed by atoms with Crippen molar-refractivity contribution < 1.29 is 10.2 Å². The van der Waals surface area contributed by atoms with Gasteiger partial charge in [-0.1, -0.05) is 31.5 Å². The molecule has 0 saturated carbocycles. The van der Waals surface area contributed by atoms with Crippen molar-refractivity contribution >= 4 is 27.8 Å².